The Kier molecular flexibility index (Phi) is 3.88. The van der Waals surface area contributed by atoms with E-state index in [1.807, 2.05) is 36.4 Å². The van der Waals surface area contributed by atoms with Crippen LogP contribution in [0.5, 0.6) is 0 Å². The van der Waals surface area contributed by atoms with Crippen LogP contribution in [0.15, 0.2) is 37.1 Å². The molecule has 90 valence electrons. The Balaban J connectivity index is 2.29. The summed E-state index contributed by atoms with van der Waals surface area (Å²) in [4.78, 5) is 8.36. The van der Waals surface area contributed by atoms with E-state index in [2.05, 4.69) is 28.3 Å². The van der Waals surface area contributed by atoms with E-state index in [1.54, 1.807) is 6.20 Å². The summed E-state index contributed by atoms with van der Waals surface area (Å²) in [5.74, 6) is 0. The first-order valence-electron chi connectivity index (χ1n) is 5.92. The number of aryl methyl sites for hydroxylation is 1. The molecule has 17 heavy (non-hydrogen) atoms. The first-order valence-corrected chi connectivity index (χ1v) is 5.92. The van der Waals surface area contributed by atoms with E-state index in [9.17, 15) is 0 Å². The van der Waals surface area contributed by atoms with Gasteiger partial charge in [0.2, 0.25) is 0 Å². The van der Waals surface area contributed by atoms with Crippen LogP contribution in [0.25, 0.3) is 0 Å². The van der Waals surface area contributed by atoms with Crippen molar-refractivity contribution in [2.45, 2.75) is 19.4 Å². The molecule has 4 nitrogen and oxygen atoms in total. The zero-order valence-electron chi connectivity index (χ0n) is 10.3. The standard InChI is InChI=1S/C13H18N4/c1-3-6-16-13(11-5-4-7-14-8-11)12-9-15-10-17(12)2/h4-5,7-10,13,16H,3,6H2,1-2H3. The second-order valence-electron chi connectivity index (χ2n) is 4.10. The lowest BCUT2D eigenvalue weighted by atomic mass is 10.1. The molecule has 0 aliphatic rings. The van der Waals surface area contributed by atoms with Gasteiger partial charge in [-0.2, -0.15) is 0 Å². The highest BCUT2D eigenvalue weighted by Crippen LogP contribution is 2.20. The fourth-order valence-corrected chi connectivity index (χ4v) is 1.87. The molecule has 2 rings (SSSR count). The molecule has 1 atom stereocenters. The van der Waals surface area contributed by atoms with Crippen LogP contribution in [0.2, 0.25) is 0 Å². The molecule has 0 radical (unpaired) electrons. The summed E-state index contributed by atoms with van der Waals surface area (Å²) in [6.07, 6.45) is 8.53. The second kappa shape index (κ2) is 5.59. The lowest BCUT2D eigenvalue weighted by Crippen LogP contribution is -2.25. The van der Waals surface area contributed by atoms with Gasteiger partial charge in [0.15, 0.2) is 0 Å². The third-order valence-corrected chi connectivity index (χ3v) is 2.77. The summed E-state index contributed by atoms with van der Waals surface area (Å²) in [6.45, 7) is 3.14. The van der Waals surface area contributed by atoms with Crippen molar-refractivity contribution in [2.24, 2.45) is 7.05 Å². The number of imidazole rings is 1. The largest absolute Gasteiger partial charge is 0.336 e. The van der Waals surface area contributed by atoms with Crippen molar-refractivity contribution in [3.63, 3.8) is 0 Å². The predicted molar refractivity (Wildman–Crippen MR) is 67.6 cm³/mol. The maximum absolute atomic E-state index is 4.18. The molecule has 0 amide bonds. The fraction of sp³-hybridized carbons (Fsp3) is 0.385. The minimum atomic E-state index is 0.163. The number of nitrogens with zero attached hydrogens (tertiary/aromatic N) is 3. The fourth-order valence-electron chi connectivity index (χ4n) is 1.87. The van der Waals surface area contributed by atoms with Gasteiger partial charge in [-0.25, -0.2) is 4.98 Å². The highest BCUT2D eigenvalue weighted by atomic mass is 15.1. The molecule has 2 aromatic rings. The van der Waals surface area contributed by atoms with Crippen LogP contribution in [-0.4, -0.2) is 21.1 Å². The summed E-state index contributed by atoms with van der Waals surface area (Å²) >= 11 is 0. The summed E-state index contributed by atoms with van der Waals surface area (Å²) in [5.41, 5.74) is 2.33. The SMILES string of the molecule is CCCNC(c1cccnc1)c1cncn1C. The van der Waals surface area contributed by atoms with Crippen LogP contribution in [0.4, 0.5) is 0 Å². The molecular formula is C13H18N4. The van der Waals surface area contributed by atoms with Crippen molar-refractivity contribution in [3.05, 3.63) is 48.3 Å². The summed E-state index contributed by atoms with van der Waals surface area (Å²) < 4.78 is 2.04. The van der Waals surface area contributed by atoms with E-state index in [-0.39, 0.29) is 6.04 Å². The molecule has 1 N–H and O–H groups in total. The van der Waals surface area contributed by atoms with E-state index in [1.165, 1.54) is 5.56 Å². The zero-order chi connectivity index (χ0) is 12.1. The minimum Gasteiger partial charge on any atom is -0.336 e. The number of hydrogen-bond acceptors (Lipinski definition) is 3. The van der Waals surface area contributed by atoms with Gasteiger partial charge >= 0.3 is 0 Å². The van der Waals surface area contributed by atoms with E-state index in [0.29, 0.717) is 0 Å². The second-order valence-corrected chi connectivity index (χ2v) is 4.10. The quantitative estimate of drug-likeness (QED) is 0.853. The monoisotopic (exact) mass is 230 g/mol. The van der Waals surface area contributed by atoms with Gasteiger partial charge < -0.3 is 9.88 Å². The summed E-state index contributed by atoms with van der Waals surface area (Å²) in [6, 6.07) is 4.22. The van der Waals surface area contributed by atoms with Gasteiger partial charge in [-0.1, -0.05) is 13.0 Å². The van der Waals surface area contributed by atoms with Gasteiger partial charge in [-0.05, 0) is 24.6 Å². The Morgan fingerprint density at radius 3 is 2.82 bits per heavy atom. The number of hydrogen-bond donors (Lipinski definition) is 1. The molecule has 0 saturated carbocycles. The van der Waals surface area contributed by atoms with Crippen molar-refractivity contribution in [1.82, 2.24) is 19.9 Å². The lowest BCUT2D eigenvalue weighted by molar-refractivity contribution is 0.568. The molecule has 4 heteroatoms. The Morgan fingerprint density at radius 2 is 2.24 bits per heavy atom. The molecule has 0 aliphatic heterocycles. The van der Waals surface area contributed by atoms with E-state index < -0.39 is 0 Å². The first kappa shape index (κ1) is 11.8. The summed E-state index contributed by atoms with van der Waals surface area (Å²) in [5, 5.41) is 3.53. The number of pyridine rings is 1. The van der Waals surface area contributed by atoms with Gasteiger partial charge in [-0.3, -0.25) is 4.98 Å². The minimum absolute atomic E-state index is 0.163. The molecule has 0 saturated heterocycles. The molecule has 0 fully saturated rings. The van der Waals surface area contributed by atoms with Gasteiger partial charge in [0.1, 0.15) is 0 Å². The third kappa shape index (κ3) is 2.71. The Labute approximate surface area is 102 Å². The zero-order valence-corrected chi connectivity index (χ0v) is 10.3. The molecule has 2 heterocycles. The van der Waals surface area contributed by atoms with Crippen molar-refractivity contribution >= 4 is 0 Å². The molecule has 0 bridgehead atoms. The first-order chi connectivity index (χ1) is 8.33. The summed E-state index contributed by atoms with van der Waals surface area (Å²) in [7, 11) is 2.01. The maximum atomic E-state index is 4.18. The Hall–Kier alpha value is -1.68. The third-order valence-electron chi connectivity index (χ3n) is 2.77. The Bertz CT molecular complexity index is 449. The van der Waals surface area contributed by atoms with Crippen LogP contribution < -0.4 is 5.32 Å². The molecule has 0 aliphatic carbocycles. The highest BCUT2D eigenvalue weighted by molar-refractivity contribution is 5.24. The molecule has 1 unspecified atom stereocenters. The number of nitrogens with one attached hydrogen (secondary N) is 1. The van der Waals surface area contributed by atoms with Crippen molar-refractivity contribution < 1.29 is 0 Å². The number of aromatic nitrogens is 3. The molecule has 0 aromatic carbocycles. The average molecular weight is 230 g/mol. The topological polar surface area (TPSA) is 42.7 Å². The van der Waals surface area contributed by atoms with Gasteiger partial charge in [0, 0.05) is 19.4 Å². The average Bonchev–Trinajstić information content (AvgIpc) is 2.78. The van der Waals surface area contributed by atoms with Crippen LogP contribution in [-0.2, 0) is 7.05 Å². The van der Waals surface area contributed by atoms with Gasteiger partial charge in [0.05, 0.1) is 24.3 Å². The highest BCUT2D eigenvalue weighted by Gasteiger charge is 2.16. The number of rotatable bonds is 5. The van der Waals surface area contributed by atoms with Crippen LogP contribution in [0.1, 0.15) is 30.6 Å². The normalized spacial score (nSPS) is 12.6. The van der Waals surface area contributed by atoms with E-state index in [0.717, 1.165) is 18.7 Å². The van der Waals surface area contributed by atoms with Crippen LogP contribution >= 0.6 is 0 Å². The lowest BCUT2D eigenvalue weighted by Gasteiger charge is -2.19. The molecule has 2 aromatic heterocycles. The van der Waals surface area contributed by atoms with Crippen molar-refractivity contribution in [2.75, 3.05) is 6.54 Å². The molecular weight excluding hydrogens is 212 g/mol. The van der Waals surface area contributed by atoms with Crippen molar-refractivity contribution in [3.8, 4) is 0 Å². The van der Waals surface area contributed by atoms with Crippen LogP contribution in [0.3, 0.4) is 0 Å². The van der Waals surface area contributed by atoms with Gasteiger partial charge in [-0.15, -0.1) is 0 Å². The smallest absolute Gasteiger partial charge is 0.0946 e. The van der Waals surface area contributed by atoms with E-state index in [4.69, 9.17) is 0 Å². The maximum Gasteiger partial charge on any atom is 0.0946 e. The van der Waals surface area contributed by atoms with Crippen molar-refractivity contribution in [1.29, 1.82) is 0 Å². The predicted octanol–water partition coefficient (Wildman–Crippen LogP) is 1.90. The van der Waals surface area contributed by atoms with E-state index >= 15 is 0 Å². The van der Waals surface area contributed by atoms with Crippen LogP contribution in [0, 0.1) is 0 Å². The Morgan fingerprint density at radius 1 is 1.35 bits per heavy atom. The van der Waals surface area contributed by atoms with Gasteiger partial charge in [0.25, 0.3) is 0 Å². The molecule has 0 spiro atoms.